The van der Waals surface area contributed by atoms with Crippen molar-refractivity contribution >= 4 is 0 Å². The summed E-state index contributed by atoms with van der Waals surface area (Å²) in [5.74, 6) is 1.57. The molecule has 0 saturated carbocycles. The molecule has 0 unspecified atom stereocenters. The van der Waals surface area contributed by atoms with E-state index in [4.69, 9.17) is 4.52 Å². The van der Waals surface area contributed by atoms with Gasteiger partial charge >= 0.3 is 0 Å². The van der Waals surface area contributed by atoms with Crippen LogP contribution in [0.15, 0.2) is 28.8 Å². The third kappa shape index (κ3) is 2.98. The molecule has 2 heterocycles. The Bertz CT molecular complexity index is 532. The van der Waals surface area contributed by atoms with E-state index in [0.29, 0.717) is 18.2 Å². The SMILES string of the molecule is Fc1ccc(Cc2nc(C3CCNCC3)no2)cc1. The summed E-state index contributed by atoms with van der Waals surface area (Å²) >= 11 is 0. The summed E-state index contributed by atoms with van der Waals surface area (Å²) in [6, 6.07) is 6.37. The van der Waals surface area contributed by atoms with Gasteiger partial charge in [0.1, 0.15) is 5.82 Å². The van der Waals surface area contributed by atoms with E-state index in [1.807, 2.05) is 0 Å². The van der Waals surface area contributed by atoms with Crippen molar-refractivity contribution in [1.29, 1.82) is 0 Å². The molecule has 0 atom stereocenters. The Morgan fingerprint density at radius 2 is 1.95 bits per heavy atom. The Labute approximate surface area is 111 Å². The largest absolute Gasteiger partial charge is 0.339 e. The topological polar surface area (TPSA) is 51.0 Å². The molecule has 0 amide bonds. The molecule has 4 nitrogen and oxygen atoms in total. The van der Waals surface area contributed by atoms with Crippen LogP contribution in [0.5, 0.6) is 0 Å². The Morgan fingerprint density at radius 3 is 2.68 bits per heavy atom. The lowest BCUT2D eigenvalue weighted by Crippen LogP contribution is -2.27. The van der Waals surface area contributed by atoms with Crippen LogP contribution in [0.2, 0.25) is 0 Å². The minimum Gasteiger partial charge on any atom is -0.339 e. The molecule has 3 rings (SSSR count). The number of nitrogens with zero attached hydrogens (tertiary/aromatic N) is 2. The van der Waals surface area contributed by atoms with E-state index in [-0.39, 0.29) is 5.82 Å². The third-order valence-corrected chi connectivity index (χ3v) is 3.46. The molecule has 0 radical (unpaired) electrons. The van der Waals surface area contributed by atoms with Gasteiger partial charge in [0.2, 0.25) is 5.89 Å². The zero-order valence-corrected chi connectivity index (χ0v) is 10.6. The van der Waals surface area contributed by atoms with Crippen LogP contribution in [0.25, 0.3) is 0 Å². The number of benzene rings is 1. The van der Waals surface area contributed by atoms with Gasteiger partial charge in [-0.15, -0.1) is 0 Å². The van der Waals surface area contributed by atoms with Crippen molar-refractivity contribution < 1.29 is 8.91 Å². The van der Waals surface area contributed by atoms with E-state index >= 15 is 0 Å². The first-order chi connectivity index (χ1) is 9.31. The molecule has 0 bridgehead atoms. The van der Waals surface area contributed by atoms with E-state index < -0.39 is 0 Å². The lowest BCUT2D eigenvalue weighted by atomic mass is 9.98. The molecule has 0 spiro atoms. The summed E-state index contributed by atoms with van der Waals surface area (Å²) in [5.41, 5.74) is 0.974. The minimum atomic E-state index is -0.232. The zero-order chi connectivity index (χ0) is 13.1. The number of nitrogens with one attached hydrogen (secondary N) is 1. The first-order valence-corrected chi connectivity index (χ1v) is 6.59. The number of halogens is 1. The number of hydrogen-bond acceptors (Lipinski definition) is 4. The van der Waals surface area contributed by atoms with Gasteiger partial charge in [-0.3, -0.25) is 0 Å². The first kappa shape index (κ1) is 12.3. The van der Waals surface area contributed by atoms with Gasteiger partial charge in [-0.25, -0.2) is 4.39 Å². The third-order valence-electron chi connectivity index (χ3n) is 3.46. The molecule has 1 aromatic carbocycles. The highest BCUT2D eigenvalue weighted by Crippen LogP contribution is 2.22. The quantitative estimate of drug-likeness (QED) is 0.920. The maximum Gasteiger partial charge on any atom is 0.231 e. The van der Waals surface area contributed by atoms with Gasteiger partial charge in [0.05, 0.1) is 6.42 Å². The Hall–Kier alpha value is -1.75. The smallest absolute Gasteiger partial charge is 0.231 e. The van der Waals surface area contributed by atoms with Crippen molar-refractivity contribution in [2.24, 2.45) is 0 Å². The molecular formula is C14H16FN3O. The Kier molecular flexibility index (Phi) is 3.55. The average molecular weight is 261 g/mol. The standard InChI is InChI=1S/C14H16FN3O/c15-12-3-1-10(2-4-12)9-13-17-14(18-19-13)11-5-7-16-8-6-11/h1-4,11,16H,5-9H2. The molecule has 2 aromatic rings. The van der Waals surface area contributed by atoms with E-state index in [2.05, 4.69) is 15.5 Å². The molecule has 1 N–H and O–H groups in total. The monoisotopic (exact) mass is 261 g/mol. The molecule has 0 aliphatic carbocycles. The number of piperidine rings is 1. The van der Waals surface area contributed by atoms with Gasteiger partial charge in [0.25, 0.3) is 0 Å². The summed E-state index contributed by atoms with van der Waals surface area (Å²) in [5, 5.41) is 7.38. The predicted octanol–water partition coefficient (Wildman–Crippen LogP) is 2.27. The van der Waals surface area contributed by atoms with E-state index in [1.54, 1.807) is 12.1 Å². The van der Waals surface area contributed by atoms with Crippen LogP contribution in [-0.2, 0) is 6.42 Å². The van der Waals surface area contributed by atoms with Crippen LogP contribution in [0.3, 0.4) is 0 Å². The second kappa shape index (κ2) is 5.48. The summed E-state index contributed by atoms with van der Waals surface area (Å²) in [6.07, 6.45) is 2.66. The van der Waals surface area contributed by atoms with Gasteiger partial charge < -0.3 is 9.84 Å². The van der Waals surface area contributed by atoms with Crippen molar-refractivity contribution in [3.05, 3.63) is 47.4 Å². The van der Waals surface area contributed by atoms with Crippen molar-refractivity contribution in [3.63, 3.8) is 0 Å². The fourth-order valence-corrected chi connectivity index (χ4v) is 2.36. The van der Waals surface area contributed by atoms with Crippen molar-refractivity contribution in [2.45, 2.75) is 25.2 Å². The van der Waals surface area contributed by atoms with E-state index in [1.165, 1.54) is 12.1 Å². The normalized spacial score (nSPS) is 16.7. The van der Waals surface area contributed by atoms with Crippen molar-refractivity contribution in [3.8, 4) is 0 Å². The van der Waals surface area contributed by atoms with Gasteiger partial charge in [-0.05, 0) is 43.6 Å². The van der Waals surface area contributed by atoms with Crippen LogP contribution in [0.4, 0.5) is 4.39 Å². The minimum absolute atomic E-state index is 0.232. The van der Waals surface area contributed by atoms with E-state index in [9.17, 15) is 4.39 Å². The molecule has 1 saturated heterocycles. The molecule has 1 fully saturated rings. The molecule has 100 valence electrons. The van der Waals surface area contributed by atoms with Crippen LogP contribution in [0.1, 0.15) is 36.0 Å². The van der Waals surface area contributed by atoms with Gasteiger partial charge in [0, 0.05) is 5.92 Å². The highest BCUT2D eigenvalue weighted by Gasteiger charge is 2.20. The van der Waals surface area contributed by atoms with Crippen LogP contribution >= 0.6 is 0 Å². The lowest BCUT2D eigenvalue weighted by molar-refractivity contribution is 0.365. The lowest BCUT2D eigenvalue weighted by Gasteiger charge is -2.18. The average Bonchev–Trinajstić information content (AvgIpc) is 2.91. The Morgan fingerprint density at radius 1 is 1.21 bits per heavy atom. The number of aromatic nitrogens is 2. The predicted molar refractivity (Wildman–Crippen MR) is 68.3 cm³/mol. The summed E-state index contributed by atoms with van der Waals surface area (Å²) < 4.78 is 18.1. The summed E-state index contributed by atoms with van der Waals surface area (Å²) in [4.78, 5) is 4.45. The molecule has 1 aliphatic heterocycles. The maximum absolute atomic E-state index is 12.8. The van der Waals surface area contributed by atoms with Gasteiger partial charge in [-0.2, -0.15) is 4.98 Å². The zero-order valence-electron chi connectivity index (χ0n) is 10.6. The first-order valence-electron chi connectivity index (χ1n) is 6.59. The highest BCUT2D eigenvalue weighted by molar-refractivity contribution is 5.19. The number of hydrogen-bond donors (Lipinski definition) is 1. The Balaban J connectivity index is 1.68. The molecule has 1 aromatic heterocycles. The number of rotatable bonds is 3. The fraction of sp³-hybridized carbons (Fsp3) is 0.429. The second-order valence-corrected chi connectivity index (χ2v) is 4.87. The maximum atomic E-state index is 12.8. The van der Waals surface area contributed by atoms with E-state index in [0.717, 1.165) is 37.3 Å². The second-order valence-electron chi connectivity index (χ2n) is 4.87. The van der Waals surface area contributed by atoms with Crippen molar-refractivity contribution in [2.75, 3.05) is 13.1 Å². The molecule has 5 heteroatoms. The fourth-order valence-electron chi connectivity index (χ4n) is 2.36. The van der Waals surface area contributed by atoms with Crippen LogP contribution in [-0.4, -0.2) is 23.2 Å². The van der Waals surface area contributed by atoms with Gasteiger partial charge in [-0.1, -0.05) is 17.3 Å². The van der Waals surface area contributed by atoms with Gasteiger partial charge in [0.15, 0.2) is 5.82 Å². The molecule has 1 aliphatic rings. The van der Waals surface area contributed by atoms with Crippen LogP contribution in [0, 0.1) is 5.82 Å². The van der Waals surface area contributed by atoms with Crippen molar-refractivity contribution in [1.82, 2.24) is 15.5 Å². The highest BCUT2D eigenvalue weighted by atomic mass is 19.1. The summed E-state index contributed by atoms with van der Waals surface area (Å²) in [6.45, 7) is 2.01. The molecule has 19 heavy (non-hydrogen) atoms. The van der Waals surface area contributed by atoms with Crippen LogP contribution < -0.4 is 5.32 Å². The summed E-state index contributed by atoms with van der Waals surface area (Å²) in [7, 11) is 0. The molecular weight excluding hydrogens is 245 g/mol.